The lowest BCUT2D eigenvalue weighted by Crippen LogP contribution is -2.16. The fraction of sp³-hybridized carbons (Fsp3) is 0.286. The van der Waals surface area contributed by atoms with Gasteiger partial charge in [0.05, 0.1) is 17.7 Å². The monoisotopic (exact) mass is 273 g/mol. The van der Waals surface area contributed by atoms with E-state index in [1.165, 1.54) is 0 Å². The molecule has 2 aromatic rings. The average Bonchev–Trinajstić information content (AvgIpc) is 2.96. The van der Waals surface area contributed by atoms with Gasteiger partial charge in [0.15, 0.2) is 0 Å². The van der Waals surface area contributed by atoms with E-state index in [0.717, 1.165) is 30.1 Å². The zero-order valence-corrected chi connectivity index (χ0v) is 11.5. The number of hydrogen-bond acceptors (Lipinski definition) is 5. The van der Waals surface area contributed by atoms with Crippen molar-refractivity contribution in [1.29, 1.82) is 5.26 Å². The molecule has 0 aliphatic heterocycles. The van der Waals surface area contributed by atoms with E-state index in [1.807, 2.05) is 29.8 Å². The minimum atomic E-state index is 0.571. The highest BCUT2D eigenvalue weighted by molar-refractivity contribution is 7.09. The Morgan fingerprint density at radius 1 is 1.47 bits per heavy atom. The van der Waals surface area contributed by atoms with Crippen molar-refractivity contribution in [2.75, 3.05) is 13.7 Å². The molecule has 0 saturated heterocycles. The molecule has 0 bridgehead atoms. The van der Waals surface area contributed by atoms with Gasteiger partial charge in [0.25, 0.3) is 0 Å². The Kier molecular flexibility index (Phi) is 4.90. The van der Waals surface area contributed by atoms with Gasteiger partial charge < -0.3 is 10.1 Å². The molecule has 1 N–H and O–H groups in total. The molecule has 0 saturated carbocycles. The van der Waals surface area contributed by atoms with Gasteiger partial charge >= 0.3 is 0 Å². The van der Waals surface area contributed by atoms with Crippen LogP contribution in [0.4, 0.5) is 0 Å². The summed E-state index contributed by atoms with van der Waals surface area (Å²) in [6.07, 6.45) is 2.75. The first-order chi connectivity index (χ1) is 9.33. The molecular formula is C14H15N3OS. The van der Waals surface area contributed by atoms with Crippen LogP contribution in [0.5, 0.6) is 5.75 Å². The fourth-order valence-electron chi connectivity index (χ4n) is 1.76. The molecule has 0 amide bonds. The summed E-state index contributed by atoms with van der Waals surface area (Å²) in [6, 6.07) is 7.79. The quantitative estimate of drug-likeness (QED) is 0.821. The van der Waals surface area contributed by atoms with Crippen molar-refractivity contribution in [2.24, 2.45) is 0 Å². The summed E-state index contributed by atoms with van der Waals surface area (Å²) in [7, 11) is 1.57. The van der Waals surface area contributed by atoms with E-state index in [2.05, 4.69) is 16.4 Å². The van der Waals surface area contributed by atoms with E-state index in [9.17, 15) is 0 Å². The van der Waals surface area contributed by atoms with Crippen LogP contribution in [-0.2, 0) is 13.0 Å². The van der Waals surface area contributed by atoms with Crippen LogP contribution in [0.3, 0.4) is 0 Å². The highest BCUT2D eigenvalue weighted by atomic mass is 32.1. The standard InChI is InChI=1S/C14H15N3OS/c1-18-13-3-2-11(8-12(13)9-15)10-16-5-4-14-17-6-7-19-14/h2-3,6-8,16H,4-5,10H2,1H3. The number of thiazole rings is 1. The van der Waals surface area contributed by atoms with Gasteiger partial charge in [-0.15, -0.1) is 11.3 Å². The highest BCUT2D eigenvalue weighted by Crippen LogP contribution is 2.18. The fourth-order valence-corrected chi connectivity index (χ4v) is 2.38. The summed E-state index contributed by atoms with van der Waals surface area (Å²) in [5.74, 6) is 0.619. The molecule has 1 heterocycles. The zero-order valence-electron chi connectivity index (χ0n) is 10.7. The SMILES string of the molecule is COc1ccc(CNCCc2nccs2)cc1C#N. The van der Waals surface area contributed by atoms with Gasteiger partial charge in [-0.05, 0) is 17.7 Å². The predicted octanol–water partition coefficient (Wildman–Crippen LogP) is 2.36. The second-order valence-corrected chi connectivity index (χ2v) is 4.98. The van der Waals surface area contributed by atoms with Gasteiger partial charge in [-0.1, -0.05) is 6.07 Å². The van der Waals surface area contributed by atoms with Crippen LogP contribution in [0, 0.1) is 11.3 Å². The first-order valence-electron chi connectivity index (χ1n) is 5.99. The molecule has 5 heteroatoms. The van der Waals surface area contributed by atoms with Gasteiger partial charge in [-0.3, -0.25) is 0 Å². The number of nitrogens with one attached hydrogen (secondary N) is 1. The highest BCUT2D eigenvalue weighted by Gasteiger charge is 2.03. The third-order valence-electron chi connectivity index (χ3n) is 2.71. The maximum absolute atomic E-state index is 9.01. The molecular weight excluding hydrogens is 258 g/mol. The molecule has 2 rings (SSSR count). The number of hydrogen-bond donors (Lipinski definition) is 1. The third-order valence-corrected chi connectivity index (χ3v) is 3.55. The van der Waals surface area contributed by atoms with Crippen molar-refractivity contribution < 1.29 is 4.74 Å². The van der Waals surface area contributed by atoms with E-state index >= 15 is 0 Å². The van der Waals surface area contributed by atoms with E-state index in [1.54, 1.807) is 18.4 Å². The van der Waals surface area contributed by atoms with Crippen molar-refractivity contribution in [3.05, 3.63) is 45.9 Å². The first-order valence-corrected chi connectivity index (χ1v) is 6.87. The number of nitrogens with zero attached hydrogens (tertiary/aromatic N) is 2. The van der Waals surface area contributed by atoms with Crippen molar-refractivity contribution in [3.63, 3.8) is 0 Å². The van der Waals surface area contributed by atoms with E-state index in [0.29, 0.717) is 11.3 Å². The van der Waals surface area contributed by atoms with Crippen LogP contribution in [0.25, 0.3) is 0 Å². The number of nitriles is 1. The second kappa shape index (κ2) is 6.88. The Morgan fingerprint density at radius 3 is 3.05 bits per heavy atom. The molecule has 0 spiro atoms. The Labute approximate surface area is 116 Å². The smallest absolute Gasteiger partial charge is 0.136 e. The molecule has 98 valence electrons. The van der Waals surface area contributed by atoms with Crippen LogP contribution in [-0.4, -0.2) is 18.6 Å². The lowest BCUT2D eigenvalue weighted by Gasteiger charge is -2.07. The summed E-state index contributed by atoms with van der Waals surface area (Å²) in [5.41, 5.74) is 1.65. The molecule has 0 unspecified atom stereocenters. The largest absolute Gasteiger partial charge is 0.495 e. The number of aromatic nitrogens is 1. The minimum absolute atomic E-state index is 0.571. The molecule has 0 aliphatic carbocycles. The Hall–Kier alpha value is -1.90. The summed E-state index contributed by atoms with van der Waals surface area (Å²) >= 11 is 1.67. The predicted molar refractivity (Wildman–Crippen MR) is 75.2 cm³/mol. The van der Waals surface area contributed by atoms with Gasteiger partial charge in [0.1, 0.15) is 11.8 Å². The molecule has 0 fully saturated rings. The van der Waals surface area contributed by atoms with Crippen molar-refractivity contribution in [2.45, 2.75) is 13.0 Å². The van der Waals surface area contributed by atoms with Gasteiger partial charge in [0.2, 0.25) is 0 Å². The molecule has 1 aromatic carbocycles. The third kappa shape index (κ3) is 3.78. The molecule has 0 aliphatic rings. The lowest BCUT2D eigenvalue weighted by molar-refractivity contribution is 0.413. The number of methoxy groups -OCH3 is 1. The van der Waals surface area contributed by atoms with Crippen LogP contribution >= 0.6 is 11.3 Å². The van der Waals surface area contributed by atoms with E-state index in [4.69, 9.17) is 10.00 Å². The molecule has 4 nitrogen and oxygen atoms in total. The zero-order chi connectivity index (χ0) is 13.5. The first kappa shape index (κ1) is 13.5. The van der Waals surface area contributed by atoms with E-state index in [-0.39, 0.29) is 0 Å². The minimum Gasteiger partial charge on any atom is -0.495 e. The van der Waals surface area contributed by atoms with Crippen molar-refractivity contribution in [3.8, 4) is 11.8 Å². The normalized spacial score (nSPS) is 10.1. The topological polar surface area (TPSA) is 57.9 Å². The van der Waals surface area contributed by atoms with Crippen molar-refractivity contribution >= 4 is 11.3 Å². The van der Waals surface area contributed by atoms with Crippen LogP contribution in [0.1, 0.15) is 16.1 Å². The van der Waals surface area contributed by atoms with Gasteiger partial charge in [-0.25, -0.2) is 4.98 Å². The molecule has 19 heavy (non-hydrogen) atoms. The second-order valence-electron chi connectivity index (χ2n) is 4.00. The summed E-state index contributed by atoms with van der Waals surface area (Å²) in [6.45, 7) is 1.62. The van der Waals surface area contributed by atoms with Crippen LogP contribution < -0.4 is 10.1 Å². The Morgan fingerprint density at radius 2 is 2.37 bits per heavy atom. The molecule has 0 radical (unpaired) electrons. The summed E-state index contributed by atoms with van der Waals surface area (Å²) in [5, 5.41) is 15.5. The summed E-state index contributed by atoms with van der Waals surface area (Å²) < 4.78 is 5.12. The molecule has 1 aromatic heterocycles. The number of ether oxygens (including phenoxy) is 1. The van der Waals surface area contributed by atoms with Gasteiger partial charge in [0, 0.05) is 31.1 Å². The Bertz CT molecular complexity index is 561. The maximum Gasteiger partial charge on any atom is 0.136 e. The van der Waals surface area contributed by atoms with Crippen molar-refractivity contribution in [1.82, 2.24) is 10.3 Å². The lowest BCUT2D eigenvalue weighted by atomic mass is 10.1. The number of rotatable bonds is 6. The van der Waals surface area contributed by atoms with Gasteiger partial charge in [-0.2, -0.15) is 5.26 Å². The van der Waals surface area contributed by atoms with E-state index < -0.39 is 0 Å². The average molecular weight is 273 g/mol. The maximum atomic E-state index is 9.01. The Balaban J connectivity index is 1.84. The van der Waals surface area contributed by atoms with Crippen LogP contribution in [0.15, 0.2) is 29.8 Å². The number of benzene rings is 1. The van der Waals surface area contributed by atoms with Crippen LogP contribution in [0.2, 0.25) is 0 Å². The molecule has 0 atom stereocenters. The summed E-state index contributed by atoms with van der Waals surface area (Å²) in [4.78, 5) is 4.23.